The van der Waals surface area contributed by atoms with Gasteiger partial charge in [-0.05, 0) is 19.1 Å². The molecular formula is C12H18N4O2S. The third-order valence-corrected chi connectivity index (χ3v) is 3.21. The van der Waals surface area contributed by atoms with Gasteiger partial charge in [0, 0.05) is 24.1 Å². The number of pyridine rings is 1. The quantitative estimate of drug-likeness (QED) is 0.208. The molecule has 1 heterocycles. The van der Waals surface area contributed by atoms with Gasteiger partial charge in [-0.3, -0.25) is 10.4 Å². The van der Waals surface area contributed by atoms with Crippen LogP contribution in [0.5, 0.6) is 0 Å². The van der Waals surface area contributed by atoms with Crippen LogP contribution in [0.1, 0.15) is 19.0 Å². The molecule has 1 aromatic rings. The van der Waals surface area contributed by atoms with E-state index < -0.39 is 6.09 Å². The van der Waals surface area contributed by atoms with Crippen LogP contribution in [-0.2, 0) is 10.5 Å². The second-order valence-electron chi connectivity index (χ2n) is 3.64. The van der Waals surface area contributed by atoms with E-state index in [0.717, 1.165) is 16.5 Å². The van der Waals surface area contributed by atoms with E-state index in [1.54, 1.807) is 24.9 Å². The minimum atomic E-state index is -0.692. The number of amides is 1. The summed E-state index contributed by atoms with van der Waals surface area (Å²) in [5.74, 6) is 6.97. The fraction of sp³-hybridized carbons (Fsp3) is 0.417. The Morgan fingerprint density at radius 2 is 2.37 bits per heavy atom. The zero-order valence-electron chi connectivity index (χ0n) is 10.8. The highest BCUT2D eigenvalue weighted by atomic mass is 32.2. The Bertz CT molecular complexity index is 413. The molecule has 6 nitrogen and oxygen atoms in total. The summed E-state index contributed by atoms with van der Waals surface area (Å²) in [6, 6.07) is 5.76. The number of ether oxygens (including phenoxy) is 1. The molecule has 0 aromatic carbocycles. The first kappa shape index (κ1) is 15.5. The second kappa shape index (κ2) is 8.49. The number of carbonyl (C=O) groups excluding carboxylic acids is 1. The first-order valence-electron chi connectivity index (χ1n) is 5.91. The fourth-order valence-electron chi connectivity index (χ4n) is 1.25. The highest BCUT2D eigenvalue weighted by molar-refractivity contribution is 7.98. The highest BCUT2D eigenvalue weighted by Crippen LogP contribution is 2.11. The fourth-order valence-corrected chi connectivity index (χ4v) is 2.11. The molecule has 0 unspecified atom stereocenters. The second-order valence-corrected chi connectivity index (χ2v) is 4.74. The van der Waals surface area contributed by atoms with E-state index in [9.17, 15) is 4.79 Å². The van der Waals surface area contributed by atoms with Crippen LogP contribution in [0.2, 0.25) is 0 Å². The topological polar surface area (TPSA) is 92.3 Å². The van der Waals surface area contributed by atoms with E-state index in [-0.39, 0.29) is 12.4 Å². The van der Waals surface area contributed by atoms with Gasteiger partial charge in [0.1, 0.15) is 5.84 Å². The lowest BCUT2D eigenvalue weighted by Gasteiger charge is -2.16. The van der Waals surface area contributed by atoms with Crippen LogP contribution in [0.4, 0.5) is 4.79 Å². The molecule has 0 spiro atoms. The molecule has 104 valence electrons. The van der Waals surface area contributed by atoms with E-state index >= 15 is 0 Å². The zero-order chi connectivity index (χ0) is 14.1. The smallest absolute Gasteiger partial charge is 0.429 e. The Morgan fingerprint density at radius 1 is 1.58 bits per heavy atom. The minimum absolute atomic E-state index is 0.0481. The third kappa shape index (κ3) is 5.71. The van der Waals surface area contributed by atoms with Crippen LogP contribution < -0.4 is 5.84 Å². The van der Waals surface area contributed by atoms with Crippen molar-refractivity contribution < 1.29 is 9.53 Å². The summed E-state index contributed by atoms with van der Waals surface area (Å²) in [6.07, 6.45) is 1.47. The van der Waals surface area contributed by atoms with Crippen molar-refractivity contribution in [1.29, 1.82) is 5.41 Å². The van der Waals surface area contributed by atoms with Crippen molar-refractivity contribution in [2.75, 3.05) is 12.4 Å². The molecular weight excluding hydrogens is 264 g/mol. The van der Waals surface area contributed by atoms with Crippen molar-refractivity contribution in [2.24, 2.45) is 5.84 Å². The van der Waals surface area contributed by atoms with Crippen molar-refractivity contribution in [3.05, 3.63) is 30.1 Å². The average molecular weight is 282 g/mol. The summed E-state index contributed by atoms with van der Waals surface area (Å²) in [4.78, 5) is 15.5. The Hall–Kier alpha value is -1.60. The van der Waals surface area contributed by atoms with Crippen LogP contribution in [0.25, 0.3) is 0 Å². The maximum Gasteiger partial charge on any atom is 0.429 e. The van der Waals surface area contributed by atoms with Crippen LogP contribution >= 0.6 is 11.8 Å². The van der Waals surface area contributed by atoms with Gasteiger partial charge in [0.05, 0.1) is 12.3 Å². The summed E-state index contributed by atoms with van der Waals surface area (Å²) in [5, 5.41) is 8.40. The number of hydrogen-bond donors (Lipinski definition) is 2. The number of hydrogen-bond acceptors (Lipinski definition) is 6. The van der Waals surface area contributed by atoms with Gasteiger partial charge in [-0.25, -0.2) is 10.6 Å². The number of hydrazine groups is 1. The molecule has 7 heteroatoms. The molecule has 1 rings (SSSR count). The molecule has 3 N–H and O–H groups in total. The predicted octanol–water partition coefficient (Wildman–Crippen LogP) is 2.01. The van der Waals surface area contributed by atoms with E-state index in [4.69, 9.17) is 16.0 Å². The van der Waals surface area contributed by atoms with E-state index in [0.29, 0.717) is 12.2 Å². The monoisotopic (exact) mass is 282 g/mol. The van der Waals surface area contributed by atoms with Gasteiger partial charge >= 0.3 is 6.09 Å². The van der Waals surface area contributed by atoms with Gasteiger partial charge in [-0.1, -0.05) is 6.07 Å². The number of nitrogens with one attached hydrogen (secondary N) is 1. The number of nitrogens with zero attached hydrogens (tertiary/aromatic N) is 2. The Kier molecular flexibility index (Phi) is 6.91. The molecule has 19 heavy (non-hydrogen) atoms. The van der Waals surface area contributed by atoms with E-state index in [1.807, 2.05) is 18.2 Å². The Balaban J connectivity index is 2.22. The summed E-state index contributed by atoms with van der Waals surface area (Å²) in [5.41, 5.74) is 0.994. The minimum Gasteiger partial charge on any atom is -0.448 e. The number of rotatable bonds is 6. The number of aromatic nitrogens is 1. The number of thioether (sulfide) groups is 1. The predicted molar refractivity (Wildman–Crippen MR) is 75.8 cm³/mol. The lowest BCUT2D eigenvalue weighted by molar-refractivity contribution is 0.127. The maximum absolute atomic E-state index is 11.3. The standard InChI is InChI=1S/C12H18N4O2S/c1-2-18-12(17)16(14)11(13)6-8-19-9-10-5-3-4-7-15-10/h3-5,7,13H,2,6,8-9,14H2,1H3. The molecule has 0 bridgehead atoms. The molecule has 0 saturated carbocycles. The van der Waals surface area contributed by atoms with Crippen molar-refractivity contribution in [3.63, 3.8) is 0 Å². The van der Waals surface area contributed by atoms with Gasteiger partial charge in [0.15, 0.2) is 0 Å². The summed E-state index contributed by atoms with van der Waals surface area (Å²) >= 11 is 1.64. The normalized spacial score (nSPS) is 10.0. The van der Waals surface area contributed by atoms with Gasteiger partial charge in [0.25, 0.3) is 0 Å². The highest BCUT2D eigenvalue weighted by Gasteiger charge is 2.14. The SMILES string of the molecule is CCOC(=O)N(N)C(=N)CCSCc1ccccn1. The third-order valence-electron chi connectivity index (χ3n) is 2.21. The molecule has 0 atom stereocenters. The number of carbonyl (C=O) groups is 1. The van der Waals surface area contributed by atoms with Crippen LogP contribution in [0, 0.1) is 5.41 Å². The number of nitrogens with two attached hydrogens (primary N) is 1. The van der Waals surface area contributed by atoms with Crippen LogP contribution in [-0.4, -0.2) is 34.3 Å². The summed E-state index contributed by atoms with van der Waals surface area (Å²) in [7, 11) is 0. The van der Waals surface area contributed by atoms with Crippen molar-refractivity contribution in [1.82, 2.24) is 9.99 Å². The molecule has 0 saturated heterocycles. The molecule has 0 fully saturated rings. The largest absolute Gasteiger partial charge is 0.448 e. The molecule has 0 aliphatic rings. The van der Waals surface area contributed by atoms with Gasteiger partial charge in [-0.2, -0.15) is 16.8 Å². The number of amidine groups is 1. The van der Waals surface area contributed by atoms with Crippen molar-refractivity contribution in [2.45, 2.75) is 19.1 Å². The lowest BCUT2D eigenvalue weighted by Crippen LogP contribution is -2.42. The Morgan fingerprint density at radius 3 is 3.00 bits per heavy atom. The summed E-state index contributed by atoms with van der Waals surface area (Å²) in [6.45, 7) is 1.94. The van der Waals surface area contributed by atoms with E-state index in [2.05, 4.69) is 4.98 Å². The van der Waals surface area contributed by atoms with Crippen LogP contribution in [0.3, 0.4) is 0 Å². The first-order valence-corrected chi connectivity index (χ1v) is 7.07. The van der Waals surface area contributed by atoms with Crippen molar-refractivity contribution >= 4 is 23.7 Å². The molecule has 1 amide bonds. The molecule has 0 radical (unpaired) electrons. The van der Waals surface area contributed by atoms with Crippen LogP contribution in [0.15, 0.2) is 24.4 Å². The van der Waals surface area contributed by atoms with Gasteiger partial charge < -0.3 is 4.74 Å². The molecule has 0 aliphatic carbocycles. The van der Waals surface area contributed by atoms with Gasteiger partial charge in [-0.15, -0.1) is 0 Å². The average Bonchev–Trinajstić information content (AvgIpc) is 2.44. The van der Waals surface area contributed by atoms with Crippen molar-refractivity contribution in [3.8, 4) is 0 Å². The Labute approximate surface area is 116 Å². The molecule has 1 aromatic heterocycles. The first-order chi connectivity index (χ1) is 9.15. The molecule has 0 aliphatic heterocycles. The maximum atomic E-state index is 11.3. The van der Waals surface area contributed by atoms with E-state index in [1.165, 1.54) is 0 Å². The van der Waals surface area contributed by atoms with Gasteiger partial charge in [0.2, 0.25) is 0 Å². The zero-order valence-corrected chi connectivity index (χ0v) is 11.7. The summed E-state index contributed by atoms with van der Waals surface area (Å²) < 4.78 is 4.70. The lowest BCUT2D eigenvalue weighted by atomic mass is 10.4.